The third kappa shape index (κ3) is 1.43. The first-order valence-electron chi connectivity index (χ1n) is 7.74. The lowest BCUT2D eigenvalue weighted by atomic mass is 9.63. The summed E-state index contributed by atoms with van der Waals surface area (Å²) in [7, 11) is 0. The van der Waals surface area contributed by atoms with Crippen molar-refractivity contribution in [1.82, 2.24) is 0 Å². The molecule has 116 valence electrons. The van der Waals surface area contributed by atoms with E-state index in [4.69, 9.17) is 0 Å². The second-order valence-electron chi connectivity index (χ2n) is 6.35. The summed E-state index contributed by atoms with van der Waals surface area (Å²) >= 11 is 0. The number of carbonyl (C=O) groups excluding carboxylic acids is 2. The zero-order valence-electron chi connectivity index (χ0n) is 12.5. The highest BCUT2D eigenvalue weighted by atomic mass is 16.3. The maximum absolute atomic E-state index is 12.3. The first kappa shape index (κ1) is 13.3. The molecule has 4 nitrogen and oxygen atoms in total. The standard InChI is InChI=1S/C20H12O4/c21-13-5-1-9-10-2-6-15(23)20-16(24)8-4-12(18(10)20)11-3-7-14(22)19(13)17(9)11/h1-8,17,19,21,23H/t17-,19-/m0/s1. The minimum absolute atomic E-state index is 0.0399. The molecule has 4 aliphatic carbocycles. The SMILES string of the molecule is O=C1C=CC2=C3C=CC(=O)[C@@H]4C(O)=CC=C(c5ccc(O)c1c52)[C@@H]34. The number of phenolic OH excluding ortho intramolecular Hbond substituents is 1. The van der Waals surface area contributed by atoms with Crippen LogP contribution in [0.1, 0.15) is 21.5 Å². The Morgan fingerprint density at radius 2 is 1.67 bits per heavy atom. The minimum atomic E-state index is -0.617. The molecule has 2 atom stereocenters. The maximum atomic E-state index is 12.3. The van der Waals surface area contributed by atoms with Gasteiger partial charge in [-0.3, -0.25) is 9.59 Å². The molecule has 0 fully saturated rings. The molecule has 4 heteroatoms. The summed E-state index contributed by atoms with van der Waals surface area (Å²) in [5, 5.41) is 20.4. The molecule has 1 aromatic carbocycles. The van der Waals surface area contributed by atoms with E-state index in [2.05, 4.69) is 0 Å². The van der Waals surface area contributed by atoms with Gasteiger partial charge in [-0.1, -0.05) is 24.3 Å². The van der Waals surface area contributed by atoms with E-state index in [0.717, 1.165) is 22.3 Å². The Morgan fingerprint density at radius 3 is 2.50 bits per heavy atom. The lowest BCUT2D eigenvalue weighted by Crippen LogP contribution is -2.34. The van der Waals surface area contributed by atoms with E-state index in [1.54, 1.807) is 30.4 Å². The van der Waals surface area contributed by atoms with Crippen molar-refractivity contribution in [3.05, 3.63) is 76.6 Å². The fourth-order valence-electron chi connectivity index (χ4n) is 4.21. The second-order valence-corrected chi connectivity index (χ2v) is 6.35. The molecule has 0 amide bonds. The highest BCUT2D eigenvalue weighted by Gasteiger charge is 2.44. The van der Waals surface area contributed by atoms with Crippen molar-refractivity contribution >= 4 is 22.7 Å². The predicted molar refractivity (Wildman–Crippen MR) is 88.3 cm³/mol. The first-order valence-corrected chi connectivity index (χ1v) is 7.74. The third-order valence-electron chi connectivity index (χ3n) is 5.21. The zero-order valence-corrected chi connectivity index (χ0v) is 12.5. The Hall–Kier alpha value is -3.14. The molecule has 5 rings (SSSR count). The average Bonchev–Trinajstić information content (AvgIpc) is 2.57. The molecule has 2 N–H and O–H groups in total. The van der Waals surface area contributed by atoms with Crippen LogP contribution >= 0.6 is 0 Å². The van der Waals surface area contributed by atoms with Crippen LogP contribution in [0.5, 0.6) is 5.75 Å². The number of allylic oxidation sites excluding steroid dienone is 10. The van der Waals surface area contributed by atoms with E-state index < -0.39 is 5.92 Å². The van der Waals surface area contributed by atoms with Crippen LogP contribution in [0.25, 0.3) is 11.1 Å². The third-order valence-corrected chi connectivity index (χ3v) is 5.21. The molecule has 4 aliphatic rings. The highest BCUT2D eigenvalue weighted by molar-refractivity contribution is 6.17. The van der Waals surface area contributed by atoms with Gasteiger partial charge in [-0.05, 0) is 46.6 Å². The van der Waals surface area contributed by atoms with Crippen LogP contribution in [0.15, 0.2) is 59.9 Å². The number of ketones is 2. The number of benzene rings is 1. The Bertz CT molecular complexity index is 1010. The molecule has 0 unspecified atom stereocenters. The van der Waals surface area contributed by atoms with E-state index in [-0.39, 0.29) is 29.0 Å². The quantitative estimate of drug-likeness (QED) is 0.771. The van der Waals surface area contributed by atoms with Crippen LogP contribution < -0.4 is 0 Å². The van der Waals surface area contributed by atoms with Gasteiger partial charge in [0, 0.05) is 11.5 Å². The fourth-order valence-corrected chi connectivity index (χ4v) is 4.21. The van der Waals surface area contributed by atoms with E-state index in [9.17, 15) is 19.8 Å². The number of hydrogen-bond donors (Lipinski definition) is 2. The summed E-state index contributed by atoms with van der Waals surface area (Å²) in [6.45, 7) is 0. The molecule has 0 saturated heterocycles. The van der Waals surface area contributed by atoms with Crippen molar-refractivity contribution in [2.45, 2.75) is 0 Å². The average molecular weight is 316 g/mol. The predicted octanol–water partition coefficient (Wildman–Crippen LogP) is 3.12. The number of aliphatic hydroxyl groups excluding tert-OH is 1. The van der Waals surface area contributed by atoms with E-state index in [1.807, 2.05) is 0 Å². The maximum Gasteiger partial charge on any atom is 0.190 e. The van der Waals surface area contributed by atoms with Crippen molar-refractivity contribution in [3.8, 4) is 5.75 Å². The van der Waals surface area contributed by atoms with Gasteiger partial charge >= 0.3 is 0 Å². The van der Waals surface area contributed by atoms with Crippen LogP contribution in [-0.4, -0.2) is 21.8 Å². The fraction of sp³-hybridized carbons (Fsp3) is 0.100. The van der Waals surface area contributed by atoms with E-state index in [1.165, 1.54) is 18.2 Å². The summed E-state index contributed by atoms with van der Waals surface area (Å²) in [6.07, 6.45) is 9.79. The van der Waals surface area contributed by atoms with E-state index in [0.29, 0.717) is 11.1 Å². The normalized spacial score (nSPS) is 26.0. The molecule has 0 bridgehead atoms. The molecule has 0 saturated carbocycles. The molecule has 0 radical (unpaired) electrons. The van der Waals surface area contributed by atoms with Gasteiger partial charge in [0.2, 0.25) is 0 Å². The smallest absolute Gasteiger partial charge is 0.190 e. The topological polar surface area (TPSA) is 74.6 Å². The molecule has 0 heterocycles. The molecule has 1 aromatic rings. The monoisotopic (exact) mass is 316 g/mol. The molecule has 0 aliphatic heterocycles. The van der Waals surface area contributed by atoms with E-state index >= 15 is 0 Å². The van der Waals surface area contributed by atoms with Gasteiger partial charge in [0.05, 0.1) is 11.5 Å². The number of aliphatic hydroxyl groups is 1. The van der Waals surface area contributed by atoms with Crippen molar-refractivity contribution in [1.29, 1.82) is 0 Å². The first-order chi connectivity index (χ1) is 11.6. The van der Waals surface area contributed by atoms with Crippen LogP contribution in [-0.2, 0) is 4.79 Å². The summed E-state index contributed by atoms with van der Waals surface area (Å²) in [5.41, 5.74) is 4.48. The minimum Gasteiger partial charge on any atom is -0.512 e. The Labute approximate surface area is 137 Å². The van der Waals surface area contributed by atoms with Crippen molar-refractivity contribution < 1.29 is 19.8 Å². The Morgan fingerprint density at radius 1 is 0.833 bits per heavy atom. The van der Waals surface area contributed by atoms with Gasteiger partial charge in [-0.15, -0.1) is 0 Å². The number of phenols is 1. The van der Waals surface area contributed by atoms with Gasteiger partial charge in [-0.2, -0.15) is 0 Å². The summed E-state index contributed by atoms with van der Waals surface area (Å²) in [4.78, 5) is 24.6. The largest absolute Gasteiger partial charge is 0.512 e. The van der Waals surface area contributed by atoms with Crippen LogP contribution in [0.3, 0.4) is 0 Å². The summed E-state index contributed by atoms with van der Waals surface area (Å²) in [5.74, 6) is -1.20. The zero-order chi connectivity index (χ0) is 16.6. The molecular formula is C20H12O4. The van der Waals surface area contributed by atoms with Gasteiger partial charge in [0.25, 0.3) is 0 Å². The molecular weight excluding hydrogens is 304 g/mol. The molecule has 0 aromatic heterocycles. The number of fused-ring (bicyclic) bond motifs is 1. The summed E-state index contributed by atoms with van der Waals surface area (Å²) < 4.78 is 0. The van der Waals surface area contributed by atoms with Gasteiger partial charge in [0.1, 0.15) is 11.5 Å². The van der Waals surface area contributed by atoms with Crippen molar-refractivity contribution in [2.24, 2.45) is 11.8 Å². The lowest BCUT2D eigenvalue weighted by Gasteiger charge is -2.39. The van der Waals surface area contributed by atoms with Crippen molar-refractivity contribution in [2.75, 3.05) is 0 Å². The number of carbonyl (C=O) groups is 2. The van der Waals surface area contributed by atoms with Crippen LogP contribution in [0.4, 0.5) is 0 Å². The summed E-state index contributed by atoms with van der Waals surface area (Å²) in [6, 6.07) is 3.29. The number of rotatable bonds is 0. The highest BCUT2D eigenvalue weighted by Crippen LogP contribution is 2.53. The van der Waals surface area contributed by atoms with Gasteiger partial charge in [0.15, 0.2) is 11.6 Å². The van der Waals surface area contributed by atoms with Crippen LogP contribution in [0, 0.1) is 11.8 Å². The molecule has 0 spiro atoms. The van der Waals surface area contributed by atoms with Crippen LogP contribution in [0.2, 0.25) is 0 Å². The van der Waals surface area contributed by atoms with Gasteiger partial charge in [-0.25, -0.2) is 0 Å². The Balaban J connectivity index is 1.95. The molecule has 24 heavy (non-hydrogen) atoms. The van der Waals surface area contributed by atoms with Crippen molar-refractivity contribution in [3.63, 3.8) is 0 Å². The second kappa shape index (κ2) is 4.23. The number of aromatic hydroxyl groups is 1. The van der Waals surface area contributed by atoms with Gasteiger partial charge < -0.3 is 10.2 Å². The Kier molecular flexibility index (Phi) is 2.35. The number of hydrogen-bond acceptors (Lipinski definition) is 4. The lowest BCUT2D eigenvalue weighted by molar-refractivity contribution is -0.118.